The zero-order valence-corrected chi connectivity index (χ0v) is 12.1. The smallest absolute Gasteiger partial charge is 0.128 e. The highest BCUT2D eigenvalue weighted by atomic mass is 79.9. The summed E-state index contributed by atoms with van der Waals surface area (Å²) in [7, 11) is 0. The molecular weight excluding hydrogens is 306 g/mol. The van der Waals surface area contributed by atoms with Gasteiger partial charge in [0.1, 0.15) is 12.4 Å². The van der Waals surface area contributed by atoms with E-state index in [1.807, 2.05) is 48.5 Å². The van der Waals surface area contributed by atoms with Crippen LogP contribution in [0.2, 0.25) is 0 Å². The number of para-hydroxylation sites is 1. The normalized spacial score (nSPS) is 11.4. The molecular formula is C15H14BrNO2. The molecule has 0 heterocycles. The number of nitrogens with zero attached hydrogens (tertiary/aromatic N) is 1. The van der Waals surface area contributed by atoms with Crippen molar-refractivity contribution in [3.05, 3.63) is 64.1 Å². The Morgan fingerprint density at radius 2 is 2.00 bits per heavy atom. The van der Waals surface area contributed by atoms with Crippen molar-refractivity contribution >= 4 is 21.6 Å². The van der Waals surface area contributed by atoms with E-state index in [0.29, 0.717) is 18.1 Å². The Labute approximate surface area is 120 Å². The summed E-state index contributed by atoms with van der Waals surface area (Å²) in [6.07, 6.45) is 0. The Kier molecular flexibility index (Phi) is 4.58. The number of halogens is 1. The topological polar surface area (TPSA) is 41.8 Å². The second-order valence-corrected chi connectivity index (χ2v) is 5.02. The third kappa shape index (κ3) is 3.58. The summed E-state index contributed by atoms with van der Waals surface area (Å²) < 4.78 is 6.81. The molecule has 19 heavy (non-hydrogen) atoms. The Bertz CT molecular complexity index is 596. The van der Waals surface area contributed by atoms with Gasteiger partial charge in [-0.25, -0.2) is 0 Å². The molecule has 4 heteroatoms. The standard InChI is InChI=1S/C15H14BrNO2/c1-11(17-18)14-7-2-3-8-15(14)19-10-12-5-4-6-13(16)9-12/h2-9,18H,10H2,1H3/b17-11+. The fourth-order valence-electron chi connectivity index (χ4n) is 1.73. The van der Waals surface area contributed by atoms with Gasteiger partial charge in [0.05, 0.1) is 5.71 Å². The number of ether oxygens (including phenoxy) is 1. The molecule has 1 N–H and O–H groups in total. The quantitative estimate of drug-likeness (QED) is 0.520. The van der Waals surface area contributed by atoms with Crippen LogP contribution in [0.5, 0.6) is 5.75 Å². The van der Waals surface area contributed by atoms with Gasteiger partial charge in [0.25, 0.3) is 0 Å². The molecule has 98 valence electrons. The van der Waals surface area contributed by atoms with Crippen LogP contribution in [-0.2, 0) is 6.61 Å². The van der Waals surface area contributed by atoms with Crippen LogP contribution in [0.25, 0.3) is 0 Å². The van der Waals surface area contributed by atoms with E-state index in [4.69, 9.17) is 9.94 Å². The second kappa shape index (κ2) is 6.38. The molecule has 0 saturated carbocycles. The van der Waals surface area contributed by atoms with Gasteiger partial charge in [-0.1, -0.05) is 45.4 Å². The van der Waals surface area contributed by atoms with E-state index in [1.165, 1.54) is 0 Å². The maximum absolute atomic E-state index is 8.86. The molecule has 0 aromatic heterocycles. The van der Waals surface area contributed by atoms with Gasteiger partial charge in [-0.3, -0.25) is 0 Å². The minimum Gasteiger partial charge on any atom is -0.488 e. The lowest BCUT2D eigenvalue weighted by atomic mass is 10.1. The third-order valence-corrected chi connectivity index (χ3v) is 3.20. The molecule has 3 nitrogen and oxygen atoms in total. The van der Waals surface area contributed by atoms with E-state index in [1.54, 1.807) is 6.92 Å². The van der Waals surface area contributed by atoms with Crippen LogP contribution >= 0.6 is 15.9 Å². The summed E-state index contributed by atoms with van der Waals surface area (Å²) in [5.41, 5.74) is 2.40. The molecule has 0 amide bonds. The Hall–Kier alpha value is -1.81. The second-order valence-electron chi connectivity index (χ2n) is 4.10. The molecule has 0 aliphatic carbocycles. The van der Waals surface area contributed by atoms with Gasteiger partial charge in [0, 0.05) is 10.0 Å². The summed E-state index contributed by atoms with van der Waals surface area (Å²) in [4.78, 5) is 0. The predicted molar refractivity (Wildman–Crippen MR) is 78.9 cm³/mol. The highest BCUT2D eigenvalue weighted by Gasteiger charge is 2.06. The first-order valence-electron chi connectivity index (χ1n) is 5.86. The van der Waals surface area contributed by atoms with Crippen molar-refractivity contribution in [3.8, 4) is 5.75 Å². The van der Waals surface area contributed by atoms with Crippen LogP contribution in [0.3, 0.4) is 0 Å². The molecule has 0 aliphatic heterocycles. The third-order valence-electron chi connectivity index (χ3n) is 2.71. The van der Waals surface area contributed by atoms with Crippen molar-refractivity contribution in [2.75, 3.05) is 0 Å². The van der Waals surface area contributed by atoms with Crippen LogP contribution in [0, 0.1) is 0 Å². The van der Waals surface area contributed by atoms with Crippen LogP contribution in [0.1, 0.15) is 18.1 Å². The minimum absolute atomic E-state index is 0.467. The summed E-state index contributed by atoms with van der Waals surface area (Å²) in [5, 5.41) is 12.1. The highest BCUT2D eigenvalue weighted by molar-refractivity contribution is 9.10. The molecule has 0 atom stereocenters. The molecule has 2 aromatic rings. The molecule has 2 rings (SSSR count). The van der Waals surface area contributed by atoms with Gasteiger partial charge in [-0.2, -0.15) is 0 Å². The van der Waals surface area contributed by atoms with Crippen LogP contribution in [0.15, 0.2) is 58.2 Å². The Balaban J connectivity index is 2.16. The highest BCUT2D eigenvalue weighted by Crippen LogP contribution is 2.21. The lowest BCUT2D eigenvalue weighted by Gasteiger charge is -2.10. The minimum atomic E-state index is 0.467. The SMILES string of the molecule is C/C(=N\O)c1ccccc1OCc1cccc(Br)c1. The fraction of sp³-hybridized carbons (Fsp3) is 0.133. The van der Waals surface area contributed by atoms with Crippen molar-refractivity contribution in [3.63, 3.8) is 0 Å². The van der Waals surface area contributed by atoms with Crippen LogP contribution in [0.4, 0.5) is 0 Å². The monoisotopic (exact) mass is 319 g/mol. The Morgan fingerprint density at radius 3 is 2.74 bits per heavy atom. The van der Waals surface area contributed by atoms with Gasteiger partial charge in [-0.15, -0.1) is 0 Å². The predicted octanol–water partition coefficient (Wildman–Crippen LogP) is 4.23. The maximum Gasteiger partial charge on any atom is 0.128 e. The molecule has 0 unspecified atom stereocenters. The van der Waals surface area contributed by atoms with Crippen LogP contribution < -0.4 is 4.74 Å². The van der Waals surface area contributed by atoms with E-state index in [2.05, 4.69) is 21.1 Å². The first-order valence-corrected chi connectivity index (χ1v) is 6.65. The van der Waals surface area contributed by atoms with Crippen molar-refractivity contribution in [2.45, 2.75) is 13.5 Å². The summed E-state index contributed by atoms with van der Waals surface area (Å²) >= 11 is 3.43. The summed E-state index contributed by atoms with van der Waals surface area (Å²) in [6, 6.07) is 15.5. The van der Waals surface area contributed by atoms with E-state index in [9.17, 15) is 0 Å². The Morgan fingerprint density at radius 1 is 1.21 bits per heavy atom. The summed E-state index contributed by atoms with van der Waals surface area (Å²) in [5.74, 6) is 0.706. The zero-order valence-electron chi connectivity index (χ0n) is 10.5. The van der Waals surface area contributed by atoms with E-state index < -0.39 is 0 Å². The fourth-order valence-corrected chi connectivity index (χ4v) is 2.18. The number of oxime groups is 1. The maximum atomic E-state index is 8.86. The molecule has 0 bridgehead atoms. The molecule has 0 fully saturated rings. The summed E-state index contributed by atoms with van der Waals surface area (Å²) in [6.45, 7) is 2.20. The lowest BCUT2D eigenvalue weighted by molar-refractivity contribution is 0.303. The number of hydrogen-bond acceptors (Lipinski definition) is 3. The van der Waals surface area contributed by atoms with Crippen molar-refractivity contribution < 1.29 is 9.94 Å². The van der Waals surface area contributed by atoms with Crippen molar-refractivity contribution in [1.82, 2.24) is 0 Å². The van der Waals surface area contributed by atoms with Gasteiger partial charge < -0.3 is 9.94 Å². The van der Waals surface area contributed by atoms with E-state index in [0.717, 1.165) is 15.6 Å². The van der Waals surface area contributed by atoms with Gasteiger partial charge in [0.15, 0.2) is 0 Å². The van der Waals surface area contributed by atoms with Crippen LogP contribution in [-0.4, -0.2) is 10.9 Å². The zero-order chi connectivity index (χ0) is 13.7. The average Bonchev–Trinajstić information content (AvgIpc) is 2.45. The van der Waals surface area contributed by atoms with Crippen molar-refractivity contribution in [1.29, 1.82) is 0 Å². The number of benzene rings is 2. The lowest BCUT2D eigenvalue weighted by Crippen LogP contribution is -2.02. The van der Waals surface area contributed by atoms with E-state index in [-0.39, 0.29) is 0 Å². The van der Waals surface area contributed by atoms with Crippen molar-refractivity contribution in [2.24, 2.45) is 5.16 Å². The average molecular weight is 320 g/mol. The van der Waals surface area contributed by atoms with Gasteiger partial charge in [0.2, 0.25) is 0 Å². The first-order chi connectivity index (χ1) is 9.20. The van der Waals surface area contributed by atoms with Gasteiger partial charge in [-0.05, 0) is 36.8 Å². The van der Waals surface area contributed by atoms with E-state index >= 15 is 0 Å². The first kappa shape index (κ1) is 13.6. The molecule has 0 spiro atoms. The molecule has 0 radical (unpaired) electrons. The molecule has 2 aromatic carbocycles. The molecule has 0 saturated heterocycles. The largest absolute Gasteiger partial charge is 0.488 e. The number of rotatable bonds is 4. The molecule has 0 aliphatic rings. The number of hydrogen-bond donors (Lipinski definition) is 1. The van der Waals surface area contributed by atoms with Gasteiger partial charge >= 0.3 is 0 Å².